The standard InChI is InChI=1S/C15H21N3S/c1-3-16-11-10-15-18-17-14(19-15)9-8-13-6-4-12(2)5-7-13/h4-7,16H,3,8-11H2,1-2H3. The van der Waals surface area contributed by atoms with Crippen LogP contribution in [0.15, 0.2) is 24.3 Å². The van der Waals surface area contributed by atoms with Gasteiger partial charge in [-0.1, -0.05) is 36.8 Å². The third kappa shape index (κ3) is 4.73. The second-order valence-corrected chi connectivity index (χ2v) is 5.83. The van der Waals surface area contributed by atoms with E-state index in [0.717, 1.165) is 42.4 Å². The summed E-state index contributed by atoms with van der Waals surface area (Å²) in [6.07, 6.45) is 3.01. The Labute approximate surface area is 119 Å². The SMILES string of the molecule is CCNCCc1nnc(CCc2ccc(C)cc2)s1. The van der Waals surface area contributed by atoms with E-state index in [1.165, 1.54) is 11.1 Å². The number of hydrogen-bond donors (Lipinski definition) is 1. The van der Waals surface area contributed by atoms with Crippen LogP contribution in [-0.4, -0.2) is 23.3 Å². The predicted molar refractivity (Wildman–Crippen MR) is 80.7 cm³/mol. The molecular weight excluding hydrogens is 254 g/mol. The Balaban J connectivity index is 1.81. The molecule has 0 aliphatic rings. The highest BCUT2D eigenvalue weighted by Gasteiger charge is 2.04. The van der Waals surface area contributed by atoms with Gasteiger partial charge in [0.1, 0.15) is 10.0 Å². The average molecular weight is 275 g/mol. The molecule has 0 aliphatic carbocycles. The van der Waals surface area contributed by atoms with Crippen LogP contribution in [0.2, 0.25) is 0 Å². The van der Waals surface area contributed by atoms with E-state index in [0.29, 0.717) is 0 Å². The molecule has 1 aromatic heterocycles. The number of hydrogen-bond acceptors (Lipinski definition) is 4. The summed E-state index contributed by atoms with van der Waals surface area (Å²) in [4.78, 5) is 0. The molecule has 1 heterocycles. The van der Waals surface area contributed by atoms with Crippen LogP contribution in [-0.2, 0) is 19.3 Å². The van der Waals surface area contributed by atoms with Crippen molar-refractivity contribution in [3.05, 3.63) is 45.4 Å². The lowest BCUT2D eigenvalue weighted by atomic mass is 10.1. The maximum absolute atomic E-state index is 4.27. The summed E-state index contributed by atoms with van der Waals surface area (Å²) in [6, 6.07) is 8.72. The zero-order valence-electron chi connectivity index (χ0n) is 11.6. The predicted octanol–water partition coefficient (Wildman–Crippen LogP) is 2.78. The van der Waals surface area contributed by atoms with Crippen molar-refractivity contribution in [2.24, 2.45) is 0 Å². The van der Waals surface area contributed by atoms with Gasteiger partial charge in [-0.25, -0.2) is 0 Å². The molecule has 0 atom stereocenters. The summed E-state index contributed by atoms with van der Waals surface area (Å²) < 4.78 is 0. The Morgan fingerprint density at radius 2 is 1.68 bits per heavy atom. The highest BCUT2D eigenvalue weighted by atomic mass is 32.1. The van der Waals surface area contributed by atoms with Crippen LogP contribution in [0.4, 0.5) is 0 Å². The first-order valence-electron chi connectivity index (χ1n) is 6.85. The molecule has 0 fully saturated rings. The Bertz CT molecular complexity index is 490. The van der Waals surface area contributed by atoms with Gasteiger partial charge in [-0.15, -0.1) is 21.5 Å². The van der Waals surface area contributed by atoms with Gasteiger partial charge in [0, 0.05) is 19.4 Å². The second kappa shape index (κ2) is 7.36. The normalized spacial score (nSPS) is 10.8. The third-order valence-corrected chi connectivity index (χ3v) is 4.07. The molecule has 0 radical (unpaired) electrons. The Morgan fingerprint density at radius 1 is 1.00 bits per heavy atom. The monoisotopic (exact) mass is 275 g/mol. The molecule has 1 aromatic carbocycles. The van der Waals surface area contributed by atoms with Crippen LogP contribution in [0.3, 0.4) is 0 Å². The van der Waals surface area contributed by atoms with E-state index in [2.05, 4.69) is 53.6 Å². The van der Waals surface area contributed by atoms with Crippen molar-refractivity contribution in [3.8, 4) is 0 Å². The second-order valence-electron chi connectivity index (χ2n) is 4.68. The van der Waals surface area contributed by atoms with Crippen molar-refractivity contribution in [2.75, 3.05) is 13.1 Å². The highest BCUT2D eigenvalue weighted by molar-refractivity contribution is 7.11. The van der Waals surface area contributed by atoms with Crippen molar-refractivity contribution in [3.63, 3.8) is 0 Å². The summed E-state index contributed by atoms with van der Waals surface area (Å²) in [5.74, 6) is 0. The van der Waals surface area contributed by atoms with Gasteiger partial charge in [0.25, 0.3) is 0 Å². The average Bonchev–Trinajstić information content (AvgIpc) is 2.86. The van der Waals surface area contributed by atoms with Gasteiger partial charge in [0.15, 0.2) is 0 Å². The fraction of sp³-hybridized carbons (Fsp3) is 0.467. The van der Waals surface area contributed by atoms with Gasteiger partial charge in [0.2, 0.25) is 0 Å². The summed E-state index contributed by atoms with van der Waals surface area (Å²) in [5.41, 5.74) is 2.68. The quantitative estimate of drug-likeness (QED) is 0.790. The zero-order valence-corrected chi connectivity index (χ0v) is 12.5. The largest absolute Gasteiger partial charge is 0.317 e. The molecule has 0 aliphatic heterocycles. The van der Waals surface area contributed by atoms with E-state index >= 15 is 0 Å². The van der Waals surface area contributed by atoms with Crippen molar-refractivity contribution >= 4 is 11.3 Å². The maximum Gasteiger partial charge on any atom is 0.118 e. The molecule has 19 heavy (non-hydrogen) atoms. The lowest BCUT2D eigenvalue weighted by molar-refractivity contribution is 0.709. The molecule has 0 saturated carbocycles. The number of benzene rings is 1. The number of nitrogens with zero attached hydrogens (tertiary/aromatic N) is 2. The van der Waals surface area contributed by atoms with Gasteiger partial charge in [-0.2, -0.15) is 0 Å². The van der Waals surface area contributed by atoms with Gasteiger partial charge in [-0.3, -0.25) is 0 Å². The number of aromatic nitrogens is 2. The minimum absolute atomic E-state index is 0.982. The summed E-state index contributed by atoms with van der Waals surface area (Å²) in [6.45, 7) is 6.24. The zero-order chi connectivity index (χ0) is 13.5. The fourth-order valence-electron chi connectivity index (χ4n) is 1.87. The third-order valence-electron chi connectivity index (χ3n) is 3.02. The molecule has 3 nitrogen and oxygen atoms in total. The molecule has 0 amide bonds. The Kier molecular flexibility index (Phi) is 5.48. The van der Waals surface area contributed by atoms with Gasteiger partial charge in [0.05, 0.1) is 0 Å². The summed E-state index contributed by atoms with van der Waals surface area (Å²) in [5, 5.41) is 14.1. The molecule has 0 unspecified atom stereocenters. The molecule has 2 aromatic rings. The molecule has 102 valence electrons. The van der Waals surface area contributed by atoms with Crippen LogP contribution in [0, 0.1) is 6.92 Å². The van der Waals surface area contributed by atoms with Crippen LogP contribution in [0.1, 0.15) is 28.1 Å². The number of rotatable bonds is 7. The van der Waals surface area contributed by atoms with Crippen molar-refractivity contribution in [2.45, 2.75) is 33.1 Å². The molecule has 1 N–H and O–H groups in total. The summed E-state index contributed by atoms with van der Waals surface area (Å²) >= 11 is 1.74. The number of likely N-dealkylation sites (N-methyl/N-ethyl adjacent to an activating group) is 1. The van der Waals surface area contributed by atoms with E-state index in [9.17, 15) is 0 Å². The van der Waals surface area contributed by atoms with E-state index in [-0.39, 0.29) is 0 Å². The first-order valence-corrected chi connectivity index (χ1v) is 7.67. The van der Waals surface area contributed by atoms with Crippen molar-refractivity contribution in [1.82, 2.24) is 15.5 Å². The molecular formula is C15H21N3S. The highest BCUT2D eigenvalue weighted by Crippen LogP contribution is 2.13. The van der Waals surface area contributed by atoms with E-state index < -0.39 is 0 Å². The topological polar surface area (TPSA) is 37.8 Å². The Hall–Kier alpha value is -1.26. The smallest absolute Gasteiger partial charge is 0.118 e. The molecule has 4 heteroatoms. The van der Waals surface area contributed by atoms with Crippen LogP contribution in [0.5, 0.6) is 0 Å². The van der Waals surface area contributed by atoms with Crippen LogP contribution in [0.25, 0.3) is 0 Å². The van der Waals surface area contributed by atoms with Gasteiger partial charge >= 0.3 is 0 Å². The van der Waals surface area contributed by atoms with Gasteiger partial charge < -0.3 is 5.32 Å². The number of nitrogens with one attached hydrogen (secondary N) is 1. The van der Waals surface area contributed by atoms with Crippen LogP contribution < -0.4 is 5.32 Å². The van der Waals surface area contributed by atoms with Crippen LogP contribution >= 0.6 is 11.3 Å². The first kappa shape index (κ1) is 14.2. The van der Waals surface area contributed by atoms with Crippen molar-refractivity contribution in [1.29, 1.82) is 0 Å². The summed E-state index contributed by atoms with van der Waals surface area (Å²) in [7, 11) is 0. The molecule has 0 saturated heterocycles. The van der Waals surface area contributed by atoms with Crippen molar-refractivity contribution < 1.29 is 0 Å². The minimum atomic E-state index is 0.982. The maximum atomic E-state index is 4.27. The Morgan fingerprint density at radius 3 is 2.37 bits per heavy atom. The first-order chi connectivity index (χ1) is 9.28. The molecule has 2 rings (SSSR count). The molecule has 0 bridgehead atoms. The van der Waals surface area contributed by atoms with E-state index in [4.69, 9.17) is 0 Å². The van der Waals surface area contributed by atoms with Gasteiger partial charge in [-0.05, 0) is 25.5 Å². The molecule has 0 spiro atoms. The van der Waals surface area contributed by atoms with E-state index in [1.54, 1.807) is 11.3 Å². The minimum Gasteiger partial charge on any atom is -0.317 e. The fourth-order valence-corrected chi connectivity index (χ4v) is 2.71. The lowest BCUT2D eigenvalue weighted by Crippen LogP contribution is -2.15. The van der Waals surface area contributed by atoms with E-state index in [1.807, 2.05) is 0 Å². The number of aryl methyl sites for hydroxylation is 3. The lowest BCUT2D eigenvalue weighted by Gasteiger charge is -1.99.